The molecule has 0 unspecified atom stereocenters. The van der Waals surface area contributed by atoms with Gasteiger partial charge in [-0.15, -0.1) is 10.2 Å². The Labute approximate surface area is 453 Å². The SMILES string of the molecule is CC[C@H]1OC(=O)[C@H](C)[C@@H](O[C@H]2C[C@@](C)(OC)[C@@H](O)[C@H](C)O2)[C@H](C)[C@@H](O[C@@H]2O[C@H](C)C[C@H](N(C)CCc3cn([C@H](CF)[C@H](OC)c4ccc(-n5cc(CO)nn5)cc4)nn3)[C@H]2O)[C@](C)(O)C[C@@H](C)CN(C)[C@H](C)[C@@H](O)[C@]1(C)O. The molecule has 22 nitrogen and oxygen atoms in total. The van der Waals surface area contributed by atoms with Crippen molar-refractivity contribution < 1.29 is 73.0 Å². The fourth-order valence-corrected chi connectivity index (χ4v) is 11.8. The number of carbonyl (C=O) groups is 1. The van der Waals surface area contributed by atoms with Crippen LogP contribution in [0.4, 0.5) is 4.39 Å². The summed E-state index contributed by atoms with van der Waals surface area (Å²) in [5.41, 5.74) is -2.21. The first-order valence-electron chi connectivity index (χ1n) is 27.1. The Morgan fingerprint density at radius 2 is 1.60 bits per heavy atom. The Morgan fingerprint density at radius 1 is 0.922 bits per heavy atom. The van der Waals surface area contributed by atoms with E-state index in [2.05, 4.69) is 20.6 Å². The maximum Gasteiger partial charge on any atom is 0.311 e. The van der Waals surface area contributed by atoms with Crippen LogP contribution >= 0.6 is 0 Å². The zero-order chi connectivity index (χ0) is 56.9. The Hall–Kier alpha value is -3.66. The molecular weight excluding hydrogens is 1000 g/mol. The highest BCUT2D eigenvalue weighted by Gasteiger charge is 2.53. The van der Waals surface area contributed by atoms with E-state index >= 15 is 0 Å². The number of aliphatic hydroxyl groups is 6. The van der Waals surface area contributed by atoms with Gasteiger partial charge >= 0.3 is 5.97 Å². The Bertz CT molecular complexity index is 2310. The average molecular weight is 1090 g/mol. The van der Waals surface area contributed by atoms with Crippen LogP contribution in [-0.2, 0) is 51.0 Å². The normalized spacial score (nSPS) is 38.2. The van der Waals surface area contributed by atoms with Crippen molar-refractivity contribution in [3.05, 3.63) is 53.6 Å². The molecule has 0 bridgehead atoms. The van der Waals surface area contributed by atoms with Gasteiger partial charge < -0.3 is 73.6 Å². The molecule has 436 valence electrons. The summed E-state index contributed by atoms with van der Waals surface area (Å²) in [7, 11) is 6.69. The van der Waals surface area contributed by atoms with Crippen LogP contribution in [-0.4, -0.2) is 215 Å². The number of hydrogen-bond acceptors (Lipinski definition) is 20. The molecule has 6 rings (SSSR count). The topological polar surface area (TPSA) is 271 Å². The molecule has 23 heteroatoms. The third kappa shape index (κ3) is 14.3. The Kier molecular flexibility index (Phi) is 21.4. The molecule has 77 heavy (non-hydrogen) atoms. The van der Waals surface area contributed by atoms with Gasteiger partial charge in [0.1, 0.15) is 54.5 Å². The van der Waals surface area contributed by atoms with E-state index in [1.165, 1.54) is 30.5 Å². The van der Waals surface area contributed by atoms with Crippen LogP contribution in [0.3, 0.4) is 0 Å². The van der Waals surface area contributed by atoms with E-state index in [1.54, 1.807) is 73.0 Å². The predicted molar refractivity (Wildman–Crippen MR) is 279 cm³/mol. The van der Waals surface area contributed by atoms with Crippen molar-refractivity contribution in [2.45, 2.75) is 210 Å². The van der Waals surface area contributed by atoms with Gasteiger partial charge in [0.25, 0.3) is 0 Å². The summed E-state index contributed by atoms with van der Waals surface area (Å²) in [5.74, 6) is -2.91. The number of hydrogen-bond donors (Lipinski definition) is 6. The zero-order valence-electron chi connectivity index (χ0n) is 47.5. The molecule has 3 aliphatic heterocycles. The molecule has 0 saturated carbocycles. The van der Waals surface area contributed by atoms with Gasteiger partial charge in [0.05, 0.1) is 65.7 Å². The molecule has 0 amide bonds. The van der Waals surface area contributed by atoms with Crippen molar-refractivity contribution >= 4 is 5.97 Å². The van der Waals surface area contributed by atoms with E-state index < -0.39 is 127 Å². The molecule has 0 spiro atoms. The first-order valence-corrected chi connectivity index (χ1v) is 27.1. The molecule has 0 radical (unpaired) electrons. The minimum absolute atomic E-state index is 0.0765. The van der Waals surface area contributed by atoms with Crippen LogP contribution in [0.15, 0.2) is 36.7 Å². The zero-order valence-corrected chi connectivity index (χ0v) is 47.5. The third-order valence-electron chi connectivity index (χ3n) is 16.7. The molecule has 3 aliphatic rings. The van der Waals surface area contributed by atoms with Crippen LogP contribution in [0.5, 0.6) is 0 Å². The molecule has 3 aromatic rings. The summed E-state index contributed by atoms with van der Waals surface area (Å²) in [6.07, 6.45) is -6.63. The van der Waals surface area contributed by atoms with Gasteiger partial charge in [-0.05, 0) is 105 Å². The van der Waals surface area contributed by atoms with E-state index in [0.717, 1.165) is 0 Å². The summed E-state index contributed by atoms with van der Waals surface area (Å²) < 4.78 is 62.1. The average Bonchev–Trinajstić information content (AvgIpc) is 4.09. The maximum absolute atomic E-state index is 14.9. The van der Waals surface area contributed by atoms with E-state index in [4.69, 9.17) is 33.2 Å². The smallest absolute Gasteiger partial charge is 0.311 e. The molecule has 2 aromatic heterocycles. The minimum Gasteiger partial charge on any atom is -0.459 e. The lowest BCUT2D eigenvalue weighted by Gasteiger charge is -2.49. The Balaban J connectivity index is 1.25. The number of benzene rings is 1. The minimum atomic E-state index is -1.86. The van der Waals surface area contributed by atoms with Crippen molar-refractivity contribution in [2.24, 2.45) is 17.8 Å². The van der Waals surface area contributed by atoms with E-state index in [-0.39, 0.29) is 31.8 Å². The van der Waals surface area contributed by atoms with E-state index in [1.807, 2.05) is 49.9 Å². The Morgan fingerprint density at radius 3 is 2.21 bits per heavy atom. The summed E-state index contributed by atoms with van der Waals surface area (Å²) in [6.45, 7) is 17.1. The van der Waals surface area contributed by atoms with Crippen molar-refractivity contribution in [1.82, 2.24) is 39.8 Å². The third-order valence-corrected chi connectivity index (χ3v) is 16.7. The van der Waals surface area contributed by atoms with Crippen molar-refractivity contribution in [2.75, 3.05) is 48.1 Å². The molecule has 3 fully saturated rings. The lowest BCUT2D eigenvalue weighted by molar-refractivity contribution is -0.318. The number of nitrogens with zero attached hydrogens (tertiary/aromatic N) is 8. The van der Waals surface area contributed by atoms with Crippen molar-refractivity contribution in [1.29, 1.82) is 0 Å². The second kappa shape index (κ2) is 26.3. The number of alkyl halides is 1. The quantitative estimate of drug-likeness (QED) is 0.106. The van der Waals surface area contributed by atoms with Crippen molar-refractivity contribution in [3.63, 3.8) is 0 Å². The molecule has 1 aromatic carbocycles. The van der Waals surface area contributed by atoms with Gasteiger partial charge in [-0.25, -0.2) is 13.8 Å². The molecular formula is C54H89FN8O14. The largest absolute Gasteiger partial charge is 0.459 e. The standard InChI is InChI=1S/C54H89FN8O14/c1-15-42-54(10,70)47(66)34(6)61(12)26-30(2)23-52(8,69)49(32(4)45(33(5)50(68)75-42)76-43-24-53(9,72-14)48(67)35(7)74-43)77-51-44(65)40(22-31(3)73-51)60(11)21-20-37-27-63(59-56-37)41(25-55)46(71-13)36-16-18-39(19-17-36)62-28-38(29-64)57-58-62/h16-19,27-28,30-35,40-49,51,64-67,69-70H,15,20-26,29H2,1-14H3/t30-,31-,32+,33-,34-,35+,40+,41-,42-,43+,44-,45+,46-,47-,48+,49-,51+,52-,53-,54-/m1/s1. The highest BCUT2D eigenvalue weighted by atomic mass is 19.1. The summed E-state index contributed by atoms with van der Waals surface area (Å²) in [4.78, 5) is 18.4. The van der Waals surface area contributed by atoms with Gasteiger partial charge in [-0.3, -0.25) is 4.79 Å². The summed E-state index contributed by atoms with van der Waals surface area (Å²) in [5, 5.41) is 85.9. The number of ether oxygens (including phenoxy) is 7. The van der Waals surface area contributed by atoms with Crippen molar-refractivity contribution in [3.8, 4) is 5.69 Å². The second-order valence-corrected chi connectivity index (χ2v) is 22.9. The number of methoxy groups -OCH3 is 2. The van der Waals surface area contributed by atoms with Crippen LogP contribution in [0, 0.1) is 17.8 Å². The predicted octanol–water partition coefficient (Wildman–Crippen LogP) is 3.08. The highest BCUT2D eigenvalue weighted by molar-refractivity contribution is 5.73. The first-order chi connectivity index (χ1) is 36.2. The number of carbonyl (C=O) groups excluding carboxylic acids is 1. The number of rotatable bonds is 17. The highest BCUT2D eigenvalue weighted by Crippen LogP contribution is 2.41. The fraction of sp³-hybridized carbons (Fsp3) is 0.796. The monoisotopic (exact) mass is 1090 g/mol. The summed E-state index contributed by atoms with van der Waals surface area (Å²) >= 11 is 0. The van der Waals surface area contributed by atoms with E-state index in [9.17, 15) is 39.8 Å². The molecule has 5 heterocycles. The van der Waals surface area contributed by atoms with E-state index in [0.29, 0.717) is 48.6 Å². The molecule has 20 atom stereocenters. The number of cyclic esters (lactones) is 1. The van der Waals surface area contributed by atoms with Gasteiger partial charge in [-0.1, -0.05) is 43.3 Å². The first kappa shape index (κ1) is 62.5. The molecule has 6 N–H and O–H groups in total. The number of aliphatic hydroxyl groups excluding tert-OH is 4. The maximum atomic E-state index is 14.9. The number of esters is 1. The number of halogens is 1. The van der Waals surface area contributed by atoms with Gasteiger partial charge in [0.15, 0.2) is 12.6 Å². The van der Waals surface area contributed by atoms with Crippen LogP contribution in [0.1, 0.15) is 124 Å². The van der Waals surface area contributed by atoms with Gasteiger partial charge in [0, 0.05) is 64.3 Å². The molecule has 3 saturated heterocycles. The molecule has 0 aliphatic carbocycles. The fourth-order valence-electron chi connectivity index (χ4n) is 11.8. The number of likely N-dealkylation sites (N-methyl/N-ethyl adjacent to an activating group) is 2. The lowest BCUT2D eigenvalue weighted by Crippen LogP contribution is -2.61. The number of aromatic nitrogens is 6. The van der Waals surface area contributed by atoms with Crippen LogP contribution in [0.2, 0.25) is 0 Å². The van der Waals surface area contributed by atoms with Gasteiger partial charge in [0.2, 0.25) is 0 Å². The van der Waals surface area contributed by atoms with Gasteiger partial charge in [-0.2, -0.15) is 0 Å². The van der Waals surface area contributed by atoms with Crippen LogP contribution < -0.4 is 0 Å². The van der Waals surface area contributed by atoms with Crippen LogP contribution in [0.25, 0.3) is 5.69 Å². The lowest BCUT2D eigenvalue weighted by atomic mass is 9.77. The second-order valence-electron chi connectivity index (χ2n) is 22.9. The summed E-state index contributed by atoms with van der Waals surface area (Å²) in [6, 6.07) is 5.27.